The summed E-state index contributed by atoms with van der Waals surface area (Å²) in [4.78, 5) is 30.4. The molecule has 0 radical (unpaired) electrons. The Hall–Kier alpha value is -4.80. The van der Waals surface area contributed by atoms with E-state index in [-0.39, 0.29) is 23.9 Å². The molecule has 7 rings (SSSR count). The van der Waals surface area contributed by atoms with Gasteiger partial charge in [0.2, 0.25) is 0 Å². The van der Waals surface area contributed by atoms with Crippen molar-refractivity contribution in [2.24, 2.45) is 4.99 Å². The summed E-state index contributed by atoms with van der Waals surface area (Å²) in [5.74, 6) is 1.36. The van der Waals surface area contributed by atoms with E-state index in [0.29, 0.717) is 15.1 Å². The molecule has 0 bridgehead atoms. The smallest absolute Gasteiger partial charge is 0.271 e. The van der Waals surface area contributed by atoms with Crippen LogP contribution in [-0.2, 0) is 13.0 Å². The molecular weight excluding hydrogens is 654 g/mol. The minimum atomic E-state index is -0.427. The fraction of sp³-hybridized carbons (Fsp3) is 0.143. The van der Waals surface area contributed by atoms with Crippen molar-refractivity contribution >= 4 is 44.7 Å². The number of benzene rings is 4. The zero-order valence-electron chi connectivity index (χ0n) is 24.1. The average Bonchev–Trinajstić information content (AvgIpc) is 3.37. The number of aromatic nitrogens is 1. The van der Waals surface area contributed by atoms with Gasteiger partial charge in [0, 0.05) is 17.7 Å². The van der Waals surface area contributed by atoms with Crippen molar-refractivity contribution < 1.29 is 14.4 Å². The van der Waals surface area contributed by atoms with Crippen LogP contribution in [0.2, 0.25) is 0 Å². The van der Waals surface area contributed by atoms with Crippen molar-refractivity contribution in [1.29, 1.82) is 0 Å². The first-order valence-electron chi connectivity index (χ1n) is 14.3. The van der Waals surface area contributed by atoms with Crippen molar-refractivity contribution in [3.63, 3.8) is 0 Å². The number of allylic oxidation sites excluding steroid dienone is 1. The summed E-state index contributed by atoms with van der Waals surface area (Å²) in [6.45, 7) is 0.257. The number of thiazole rings is 1. The van der Waals surface area contributed by atoms with Crippen molar-refractivity contribution in [2.45, 2.75) is 25.5 Å². The number of ether oxygens (including phenoxy) is 2. The molecular formula is C35H26BrN3O5S. The van der Waals surface area contributed by atoms with Crippen LogP contribution >= 0.6 is 27.3 Å². The molecule has 4 aromatic carbocycles. The molecule has 1 aromatic heterocycles. The summed E-state index contributed by atoms with van der Waals surface area (Å²) in [5, 5.41) is 10.9. The molecule has 2 aliphatic rings. The summed E-state index contributed by atoms with van der Waals surface area (Å²) < 4.78 is 14.6. The Kier molecular flexibility index (Phi) is 7.68. The van der Waals surface area contributed by atoms with Gasteiger partial charge in [-0.25, -0.2) is 4.99 Å². The SMILES string of the molecule is COc1cccc([C@@H]2C3=C(N=c4s/c(=C/c5ccc(OCc6ccc([N+](=O)[O-])cc6)c(Br)c5)c(=O)n42)c2ccccc2CC3)c1. The number of hydrogen-bond donors (Lipinski definition) is 0. The highest BCUT2D eigenvalue weighted by Gasteiger charge is 2.32. The molecule has 1 atom stereocenters. The molecule has 8 nitrogen and oxygen atoms in total. The molecule has 0 saturated heterocycles. The van der Waals surface area contributed by atoms with Crippen LogP contribution < -0.4 is 24.4 Å². The third-order valence-corrected chi connectivity index (χ3v) is 9.68. The Balaban J connectivity index is 1.26. The summed E-state index contributed by atoms with van der Waals surface area (Å²) >= 11 is 4.98. The molecule has 5 aromatic rings. The molecule has 0 spiro atoms. The predicted molar refractivity (Wildman–Crippen MR) is 177 cm³/mol. The molecule has 0 amide bonds. The number of aryl methyl sites for hydroxylation is 1. The second-order valence-electron chi connectivity index (χ2n) is 10.8. The third kappa shape index (κ3) is 5.51. The Labute approximate surface area is 270 Å². The van der Waals surface area contributed by atoms with Crippen LogP contribution in [0, 0.1) is 10.1 Å². The first-order chi connectivity index (χ1) is 21.9. The maximum atomic E-state index is 14.1. The zero-order chi connectivity index (χ0) is 31.1. The number of nitrogens with zero attached hydrogens (tertiary/aromatic N) is 3. The molecule has 1 aliphatic heterocycles. The second kappa shape index (κ2) is 11.9. The van der Waals surface area contributed by atoms with E-state index in [4.69, 9.17) is 14.5 Å². The molecule has 45 heavy (non-hydrogen) atoms. The van der Waals surface area contributed by atoms with Crippen molar-refractivity contribution in [2.75, 3.05) is 7.11 Å². The third-order valence-electron chi connectivity index (χ3n) is 8.08. The van der Waals surface area contributed by atoms with Gasteiger partial charge in [-0.3, -0.25) is 19.5 Å². The lowest BCUT2D eigenvalue weighted by molar-refractivity contribution is -0.384. The maximum Gasteiger partial charge on any atom is 0.271 e. The molecule has 10 heteroatoms. The Morgan fingerprint density at radius 3 is 2.64 bits per heavy atom. The van der Waals surface area contributed by atoms with Crippen LogP contribution in [0.5, 0.6) is 11.5 Å². The number of non-ortho nitro benzene ring substituents is 1. The highest BCUT2D eigenvalue weighted by molar-refractivity contribution is 9.10. The van der Waals surface area contributed by atoms with Gasteiger partial charge in [0.1, 0.15) is 18.1 Å². The number of halogens is 1. The van der Waals surface area contributed by atoms with Gasteiger partial charge >= 0.3 is 0 Å². The first-order valence-corrected chi connectivity index (χ1v) is 15.9. The van der Waals surface area contributed by atoms with Gasteiger partial charge < -0.3 is 9.47 Å². The summed E-state index contributed by atoms with van der Waals surface area (Å²) in [6, 6.07) is 27.9. The zero-order valence-corrected chi connectivity index (χ0v) is 26.5. The Bertz CT molecular complexity index is 2190. The van der Waals surface area contributed by atoms with E-state index in [9.17, 15) is 14.9 Å². The molecule has 1 aliphatic carbocycles. The minimum Gasteiger partial charge on any atom is -0.497 e. The highest BCUT2D eigenvalue weighted by Crippen LogP contribution is 2.41. The standard InChI is InChI=1S/C35H26BrN3O5S/c1-43-26-7-4-6-24(19-26)33-28-15-12-23-5-2-3-8-27(23)32(28)37-35-38(33)34(40)31(45-35)18-22-11-16-30(29(36)17-22)44-20-21-9-13-25(14-10-21)39(41)42/h2-11,13-14,16-19,33H,12,15,20H2,1H3/b31-18+/t33-/m1/s1. The lowest BCUT2D eigenvalue weighted by atomic mass is 9.83. The van der Waals surface area contributed by atoms with Crippen LogP contribution in [0.4, 0.5) is 5.69 Å². The van der Waals surface area contributed by atoms with Crippen molar-refractivity contribution in [3.8, 4) is 11.5 Å². The highest BCUT2D eigenvalue weighted by atomic mass is 79.9. The molecule has 0 saturated carbocycles. The number of methoxy groups -OCH3 is 1. The van der Waals surface area contributed by atoms with E-state index in [1.165, 1.54) is 29.0 Å². The van der Waals surface area contributed by atoms with Crippen LogP contribution in [0.3, 0.4) is 0 Å². The molecule has 0 N–H and O–H groups in total. The molecule has 0 unspecified atom stereocenters. The lowest BCUT2D eigenvalue weighted by Crippen LogP contribution is -2.38. The van der Waals surface area contributed by atoms with E-state index in [1.807, 2.05) is 59.2 Å². The number of rotatable bonds is 7. The van der Waals surface area contributed by atoms with E-state index in [1.54, 1.807) is 19.2 Å². The van der Waals surface area contributed by atoms with Gasteiger partial charge in [-0.1, -0.05) is 53.8 Å². The Morgan fingerprint density at radius 1 is 1.04 bits per heavy atom. The average molecular weight is 681 g/mol. The molecule has 224 valence electrons. The van der Waals surface area contributed by atoms with E-state index in [2.05, 4.69) is 34.1 Å². The number of nitro benzene ring substituents is 1. The van der Waals surface area contributed by atoms with Gasteiger partial charge in [-0.15, -0.1) is 0 Å². The Morgan fingerprint density at radius 2 is 1.87 bits per heavy atom. The van der Waals surface area contributed by atoms with Gasteiger partial charge in [0.05, 0.1) is 32.8 Å². The normalized spacial score (nSPS) is 15.5. The topological polar surface area (TPSA) is 96.0 Å². The van der Waals surface area contributed by atoms with Crippen molar-refractivity contribution in [3.05, 3.63) is 159 Å². The van der Waals surface area contributed by atoms with Gasteiger partial charge in [0.15, 0.2) is 4.80 Å². The molecule has 2 heterocycles. The monoisotopic (exact) mass is 679 g/mol. The van der Waals surface area contributed by atoms with Crippen LogP contribution in [0.25, 0.3) is 11.8 Å². The fourth-order valence-electron chi connectivity index (χ4n) is 5.88. The fourth-order valence-corrected chi connectivity index (χ4v) is 7.40. The lowest BCUT2D eigenvalue weighted by Gasteiger charge is -2.31. The summed E-state index contributed by atoms with van der Waals surface area (Å²) in [7, 11) is 1.65. The van der Waals surface area contributed by atoms with Crippen LogP contribution in [0.1, 0.15) is 40.3 Å². The van der Waals surface area contributed by atoms with E-state index in [0.717, 1.165) is 56.6 Å². The molecule has 0 fully saturated rings. The van der Waals surface area contributed by atoms with Crippen molar-refractivity contribution in [1.82, 2.24) is 4.57 Å². The quantitative estimate of drug-likeness (QED) is 0.143. The largest absolute Gasteiger partial charge is 0.497 e. The number of fused-ring (bicyclic) bond motifs is 3. The number of hydrogen-bond acceptors (Lipinski definition) is 7. The maximum absolute atomic E-state index is 14.1. The van der Waals surface area contributed by atoms with E-state index >= 15 is 0 Å². The van der Waals surface area contributed by atoms with Gasteiger partial charge in [-0.2, -0.15) is 0 Å². The van der Waals surface area contributed by atoms with Gasteiger partial charge in [-0.05, 0) is 99.1 Å². The van der Waals surface area contributed by atoms with E-state index < -0.39 is 4.92 Å². The summed E-state index contributed by atoms with van der Waals surface area (Å²) in [6.07, 6.45) is 3.59. The first kappa shape index (κ1) is 28.9. The number of nitro groups is 1. The predicted octanol–water partition coefficient (Wildman–Crippen LogP) is 6.58. The minimum absolute atomic E-state index is 0.0364. The van der Waals surface area contributed by atoms with Gasteiger partial charge in [0.25, 0.3) is 11.2 Å². The summed E-state index contributed by atoms with van der Waals surface area (Å²) in [5.41, 5.74) is 7.06. The van der Waals surface area contributed by atoms with Crippen LogP contribution in [-0.4, -0.2) is 16.6 Å². The van der Waals surface area contributed by atoms with Crippen LogP contribution in [0.15, 0.2) is 111 Å². The second-order valence-corrected chi connectivity index (χ2v) is 12.7.